The molecule has 208 valence electrons. The van der Waals surface area contributed by atoms with Crippen LogP contribution in [-0.2, 0) is 9.53 Å². The van der Waals surface area contributed by atoms with Gasteiger partial charge >= 0.3 is 6.03 Å². The monoisotopic (exact) mass is 563 g/mol. The first kappa shape index (κ1) is 26.2. The van der Waals surface area contributed by atoms with E-state index in [1.54, 1.807) is 46.0 Å². The van der Waals surface area contributed by atoms with Gasteiger partial charge in [-0.1, -0.05) is 12.1 Å². The van der Waals surface area contributed by atoms with Gasteiger partial charge in [-0.15, -0.1) is 11.3 Å². The Balaban J connectivity index is 1.20. The lowest BCUT2D eigenvalue weighted by molar-refractivity contribution is -0.128. The molecule has 2 fully saturated rings. The fraction of sp³-hybridized carbons (Fsp3) is 0.370. The highest BCUT2D eigenvalue weighted by molar-refractivity contribution is 7.17. The van der Waals surface area contributed by atoms with Crippen LogP contribution in [0.15, 0.2) is 30.3 Å². The number of H-pyrrole nitrogens is 1. The summed E-state index contributed by atoms with van der Waals surface area (Å²) in [6.45, 7) is 6.00. The summed E-state index contributed by atoms with van der Waals surface area (Å²) in [6.07, 6.45) is 0.726. The van der Waals surface area contributed by atoms with Gasteiger partial charge in [0, 0.05) is 51.8 Å². The number of aromatic nitrogens is 2. The lowest BCUT2D eigenvalue weighted by atomic mass is 10.1. The number of benzene rings is 1. The molecule has 2 saturated heterocycles. The number of ether oxygens (including phenoxy) is 1. The number of fused-ring (bicyclic) bond motifs is 3. The number of thiophene rings is 1. The van der Waals surface area contributed by atoms with Crippen LogP contribution in [0.25, 0.3) is 21.8 Å². The zero-order valence-corrected chi connectivity index (χ0v) is 22.8. The van der Waals surface area contributed by atoms with Crippen molar-refractivity contribution in [1.29, 1.82) is 0 Å². The molecule has 6 rings (SSSR count). The number of hydrogen-bond acceptors (Lipinski definition) is 8. The smallest absolute Gasteiger partial charge is 0.333 e. The summed E-state index contributed by atoms with van der Waals surface area (Å²) in [5.41, 5.74) is 5.75. The van der Waals surface area contributed by atoms with Crippen LogP contribution in [0.4, 0.5) is 10.5 Å². The number of morpholine rings is 1. The highest BCUT2D eigenvalue weighted by atomic mass is 32.1. The molecule has 1 aromatic carbocycles. The largest absolute Gasteiger partial charge is 0.379 e. The van der Waals surface area contributed by atoms with Crippen molar-refractivity contribution in [3.05, 3.63) is 46.3 Å². The van der Waals surface area contributed by atoms with Gasteiger partial charge in [-0.2, -0.15) is 5.10 Å². The molecule has 0 saturated carbocycles. The van der Waals surface area contributed by atoms with Gasteiger partial charge in [0.15, 0.2) is 5.78 Å². The predicted molar refractivity (Wildman–Crippen MR) is 148 cm³/mol. The Kier molecular flexibility index (Phi) is 7.09. The Morgan fingerprint density at radius 3 is 2.55 bits per heavy atom. The normalized spacial score (nSPS) is 17.3. The maximum Gasteiger partial charge on any atom is 0.333 e. The molecule has 3 aliphatic rings. The quantitative estimate of drug-likeness (QED) is 0.346. The van der Waals surface area contributed by atoms with E-state index in [-0.39, 0.29) is 17.6 Å². The van der Waals surface area contributed by atoms with Gasteiger partial charge in [0.1, 0.15) is 5.69 Å². The summed E-state index contributed by atoms with van der Waals surface area (Å²) in [7, 11) is 0. The first-order valence-corrected chi connectivity index (χ1v) is 14.0. The lowest BCUT2D eigenvalue weighted by Gasteiger charge is -2.27. The second-order valence-corrected chi connectivity index (χ2v) is 10.9. The van der Waals surface area contributed by atoms with Crippen molar-refractivity contribution < 1.29 is 23.9 Å². The van der Waals surface area contributed by atoms with Crippen LogP contribution in [0.2, 0.25) is 0 Å². The van der Waals surface area contributed by atoms with E-state index >= 15 is 0 Å². The molecule has 1 aliphatic carbocycles. The Hall–Kier alpha value is -4.07. The van der Waals surface area contributed by atoms with Crippen molar-refractivity contribution in [3.63, 3.8) is 0 Å². The maximum absolute atomic E-state index is 13.7. The molecule has 2 aliphatic heterocycles. The fourth-order valence-corrected chi connectivity index (χ4v) is 6.28. The summed E-state index contributed by atoms with van der Waals surface area (Å²) < 4.78 is 5.31. The summed E-state index contributed by atoms with van der Waals surface area (Å²) in [4.78, 5) is 56.1. The van der Waals surface area contributed by atoms with E-state index in [0.29, 0.717) is 96.0 Å². The average molecular weight is 564 g/mol. The molecule has 2 aromatic heterocycles. The van der Waals surface area contributed by atoms with Crippen molar-refractivity contribution in [2.45, 2.75) is 13.3 Å². The molecule has 0 unspecified atom stereocenters. The highest BCUT2D eigenvalue weighted by Crippen LogP contribution is 2.44. The predicted octanol–water partition coefficient (Wildman–Crippen LogP) is 2.41. The number of urea groups is 1. The van der Waals surface area contributed by atoms with E-state index in [2.05, 4.69) is 20.9 Å². The first-order chi connectivity index (χ1) is 19.4. The Bertz CT molecular complexity index is 1490. The van der Waals surface area contributed by atoms with Crippen LogP contribution in [0, 0.1) is 0 Å². The van der Waals surface area contributed by atoms with Crippen LogP contribution in [0.3, 0.4) is 0 Å². The van der Waals surface area contributed by atoms with Gasteiger partial charge in [0.25, 0.3) is 5.91 Å². The van der Waals surface area contributed by atoms with E-state index in [1.807, 2.05) is 6.07 Å². The number of amides is 4. The minimum atomic E-state index is -0.432. The highest BCUT2D eigenvalue weighted by Gasteiger charge is 2.36. The Morgan fingerprint density at radius 2 is 1.75 bits per heavy atom. The van der Waals surface area contributed by atoms with Crippen molar-refractivity contribution in [1.82, 2.24) is 30.4 Å². The topological polar surface area (TPSA) is 140 Å². The molecule has 12 nitrogen and oxygen atoms in total. The van der Waals surface area contributed by atoms with Gasteiger partial charge in [0.2, 0.25) is 5.91 Å². The zero-order chi connectivity index (χ0) is 27.8. The van der Waals surface area contributed by atoms with Crippen LogP contribution in [0.1, 0.15) is 38.9 Å². The van der Waals surface area contributed by atoms with E-state index < -0.39 is 6.03 Å². The number of nitrogens with zero attached hydrogens (tertiary/aromatic N) is 4. The molecule has 13 heteroatoms. The number of ketones is 1. The van der Waals surface area contributed by atoms with Crippen molar-refractivity contribution >= 4 is 40.7 Å². The number of rotatable bonds is 4. The molecule has 4 heterocycles. The van der Waals surface area contributed by atoms with E-state index in [0.717, 1.165) is 6.42 Å². The number of hydrogen-bond donors (Lipinski definition) is 3. The number of carbonyl (C=O) groups is 4. The van der Waals surface area contributed by atoms with E-state index in [4.69, 9.17) is 4.74 Å². The van der Waals surface area contributed by atoms with Crippen molar-refractivity contribution in [2.75, 3.05) is 57.8 Å². The zero-order valence-electron chi connectivity index (χ0n) is 22.0. The van der Waals surface area contributed by atoms with Crippen LogP contribution >= 0.6 is 11.3 Å². The summed E-state index contributed by atoms with van der Waals surface area (Å²) in [6, 6.07) is 8.43. The molecular weight excluding hydrogens is 534 g/mol. The molecular formula is C27H29N7O5S. The average Bonchev–Trinajstić information content (AvgIpc) is 3.61. The van der Waals surface area contributed by atoms with Gasteiger partial charge < -0.3 is 19.9 Å². The fourth-order valence-electron chi connectivity index (χ4n) is 5.31. The van der Waals surface area contributed by atoms with Crippen molar-refractivity contribution in [2.24, 2.45) is 0 Å². The Morgan fingerprint density at radius 1 is 0.975 bits per heavy atom. The molecule has 0 bridgehead atoms. The minimum Gasteiger partial charge on any atom is -0.379 e. The Labute approximate surface area is 234 Å². The SMILES string of the molecule is CC(=O)N1CCCN(C(=O)c2ccc(-c3n[nH]c4c3C(=O)c3c(NC(=O)NN5CCOCC5)cccc3-4)s2)CC1. The molecule has 0 atom stereocenters. The molecule has 3 N–H and O–H groups in total. The number of hydrazine groups is 1. The van der Waals surface area contributed by atoms with E-state index in [1.165, 1.54) is 11.3 Å². The summed E-state index contributed by atoms with van der Waals surface area (Å²) >= 11 is 1.29. The molecule has 0 spiro atoms. The molecule has 40 heavy (non-hydrogen) atoms. The van der Waals surface area contributed by atoms with Crippen molar-refractivity contribution in [3.8, 4) is 21.8 Å². The van der Waals surface area contributed by atoms with Gasteiger partial charge in [-0.25, -0.2) is 9.80 Å². The lowest BCUT2D eigenvalue weighted by Crippen LogP contribution is -2.49. The van der Waals surface area contributed by atoms with Gasteiger partial charge in [-0.3, -0.25) is 24.9 Å². The van der Waals surface area contributed by atoms with Crippen LogP contribution < -0.4 is 10.7 Å². The summed E-state index contributed by atoms with van der Waals surface area (Å²) in [5, 5.41) is 12.0. The number of nitrogens with one attached hydrogen (secondary N) is 3. The molecule has 3 aromatic rings. The maximum atomic E-state index is 13.7. The van der Waals surface area contributed by atoms with E-state index in [9.17, 15) is 19.2 Å². The number of aromatic amines is 1. The minimum absolute atomic E-state index is 0.0156. The van der Waals surface area contributed by atoms with Gasteiger partial charge in [-0.05, 0) is 24.6 Å². The van der Waals surface area contributed by atoms with Crippen LogP contribution in [0.5, 0.6) is 0 Å². The third-order valence-corrected chi connectivity index (χ3v) is 8.43. The number of anilines is 1. The van der Waals surface area contributed by atoms with Crippen LogP contribution in [-0.4, -0.2) is 101 Å². The number of carbonyl (C=O) groups excluding carboxylic acids is 4. The third kappa shape index (κ3) is 4.87. The second-order valence-electron chi connectivity index (χ2n) is 9.86. The first-order valence-electron chi connectivity index (χ1n) is 13.2. The third-order valence-electron chi connectivity index (χ3n) is 7.35. The molecule has 4 amide bonds. The molecule has 0 radical (unpaired) electrons. The van der Waals surface area contributed by atoms with Gasteiger partial charge in [0.05, 0.1) is 45.5 Å². The standard InChI is InChI=1S/C27H29N7O5S/c1-16(35)32-8-3-9-33(11-10-32)26(37)20-7-6-19(40-20)24-22-23(29-30-24)17-4-2-5-18(21(17)25(22)36)28-27(38)31-34-12-14-39-15-13-34/h2,4-7H,3,8-15H2,1H3,(H,29,30)(H2,28,31,38). The second kappa shape index (κ2) is 10.8. The summed E-state index contributed by atoms with van der Waals surface area (Å²) in [5.74, 6) is -0.322.